The second-order valence-electron chi connectivity index (χ2n) is 5.81. The van der Waals surface area contributed by atoms with Crippen LogP contribution in [0, 0.1) is 0 Å². The van der Waals surface area contributed by atoms with Crippen LogP contribution in [0.1, 0.15) is 71.1 Å². The maximum absolute atomic E-state index is 11.7. The highest BCUT2D eigenvalue weighted by Gasteiger charge is 2.27. The molecule has 0 bridgehead atoms. The van der Waals surface area contributed by atoms with Gasteiger partial charge in [-0.1, -0.05) is 45.4 Å². The van der Waals surface area contributed by atoms with Gasteiger partial charge in [-0.25, -0.2) is 0 Å². The third-order valence-electron chi connectivity index (χ3n) is 3.82. The normalized spacial score (nSPS) is 21.4. The number of ketones is 1. The van der Waals surface area contributed by atoms with Crippen molar-refractivity contribution in [1.82, 2.24) is 5.32 Å². The van der Waals surface area contributed by atoms with Crippen molar-refractivity contribution in [3.63, 3.8) is 0 Å². The van der Waals surface area contributed by atoms with Gasteiger partial charge >= 0.3 is 0 Å². The SMILES string of the molecule is CCCCCCCCCC(=O)CC(=O)N[C@H]1CCO[C@@H]1O. The zero-order chi connectivity index (χ0) is 15.5. The molecule has 1 fully saturated rings. The predicted octanol–water partition coefficient (Wildman–Crippen LogP) is 2.31. The maximum Gasteiger partial charge on any atom is 0.227 e. The lowest BCUT2D eigenvalue weighted by atomic mass is 10.1. The first-order valence-electron chi connectivity index (χ1n) is 8.24. The maximum atomic E-state index is 11.7. The van der Waals surface area contributed by atoms with E-state index in [-0.39, 0.29) is 24.2 Å². The lowest BCUT2D eigenvalue weighted by molar-refractivity contribution is -0.130. The van der Waals surface area contributed by atoms with Gasteiger partial charge in [-0.15, -0.1) is 0 Å². The molecule has 21 heavy (non-hydrogen) atoms. The summed E-state index contributed by atoms with van der Waals surface area (Å²) in [6, 6.07) is -0.371. The molecule has 1 saturated heterocycles. The molecule has 0 spiro atoms. The third kappa shape index (κ3) is 8.17. The van der Waals surface area contributed by atoms with E-state index in [9.17, 15) is 14.7 Å². The van der Waals surface area contributed by atoms with Crippen molar-refractivity contribution in [2.45, 2.75) is 83.5 Å². The third-order valence-corrected chi connectivity index (χ3v) is 3.82. The van der Waals surface area contributed by atoms with Crippen LogP contribution in [0.25, 0.3) is 0 Å². The Balaban J connectivity index is 2.01. The molecule has 122 valence electrons. The molecule has 0 aromatic rings. The fourth-order valence-electron chi connectivity index (χ4n) is 2.52. The van der Waals surface area contributed by atoms with Crippen LogP contribution in [-0.4, -0.2) is 35.7 Å². The van der Waals surface area contributed by atoms with Gasteiger partial charge in [-0.3, -0.25) is 9.59 Å². The molecule has 1 heterocycles. The fourth-order valence-corrected chi connectivity index (χ4v) is 2.52. The minimum Gasteiger partial charge on any atom is -0.366 e. The molecule has 1 aliphatic rings. The predicted molar refractivity (Wildman–Crippen MR) is 80.7 cm³/mol. The molecule has 0 aliphatic carbocycles. The number of aliphatic hydroxyl groups excluding tert-OH is 1. The lowest BCUT2D eigenvalue weighted by Crippen LogP contribution is -2.41. The van der Waals surface area contributed by atoms with E-state index in [0.717, 1.165) is 12.8 Å². The van der Waals surface area contributed by atoms with Crippen molar-refractivity contribution in [3.8, 4) is 0 Å². The molecular formula is C16H29NO4. The van der Waals surface area contributed by atoms with Crippen molar-refractivity contribution < 1.29 is 19.4 Å². The van der Waals surface area contributed by atoms with Gasteiger partial charge < -0.3 is 15.2 Å². The summed E-state index contributed by atoms with van der Waals surface area (Å²) in [7, 11) is 0. The Hall–Kier alpha value is -0.940. The Kier molecular flexibility index (Phi) is 9.26. The van der Waals surface area contributed by atoms with Crippen molar-refractivity contribution in [3.05, 3.63) is 0 Å². The highest BCUT2D eigenvalue weighted by Crippen LogP contribution is 2.12. The van der Waals surface area contributed by atoms with E-state index in [1.54, 1.807) is 0 Å². The van der Waals surface area contributed by atoms with E-state index in [0.29, 0.717) is 19.4 Å². The zero-order valence-electron chi connectivity index (χ0n) is 13.1. The van der Waals surface area contributed by atoms with E-state index < -0.39 is 6.29 Å². The Bertz CT molecular complexity index is 319. The summed E-state index contributed by atoms with van der Waals surface area (Å²) in [5.41, 5.74) is 0. The highest BCUT2D eigenvalue weighted by molar-refractivity contribution is 5.98. The number of ether oxygens (including phenoxy) is 1. The molecule has 0 radical (unpaired) electrons. The van der Waals surface area contributed by atoms with E-state index in [2.05, 4.69) is 12.2 Å². The van der Waals surface area contributed by atoms with Crippen LogP contribution < -0.4 is 5.32 Å². The van der Waals surface area contributed by atoms with E-state index in [1.807, 2.05) is 0 Å². The van der Waals surface area contributed by atoms with Crippen LogP contribution in [0.2, 0.25) is 0 Å². The number of amides is 1. The fraction of sp³-hybridized carbons (Fsp3) is 0.875. The molecule has 5 heteroatoms. The average Bonchev–Trinajstić information content (AvgIpc) is 2.83. The summed E-state index contributed by atoms with van der Waals surface area (Å²) >= 11 is 0. The van der Waals surface area contributed by atoms with Gasteiger partial charge in [0.1, 0.15) is 5.78 Å². The van der Waals surface area contributed by atoms with Gasteiger partial charge in [0.15, 0.2) is 6.29 Å². The van der Waals surface area contributed by atoms with Crippen molar-refractivity contribution in [1.29, 1.82) is 0 Å². The topological polar surface area (TPSA) is 75.6 Å². The number of carbonyl (C=O) groups is 2. The van der Waals surface area contributed by atoms with Gasteiger partial charge in [-0.05, 0) is 12.8 Å². The standard InChI is InChI=1S/C16H29NO4/c1-2-3-4-5-6-7-8-9-13(18)12-15(19)17-14-10-11-21-16(14)20/h14,16,20H,2-12H2,1H3,(H,17,19)/t14-,16-/m0/s1. The van der Waals surface area contributed by atoms with Gasteiger partial charge in [0, 0.05) is 6.42 Å². The second kappa shape index (κ2) is 10.7. The van der Waals surface area contributed by atoms with Crippen LogP contribution in [0.5, 0.6) is 0 Å². The number of nitrogens with one attached hydrogen (secondary N) is 1. The molecule has 2 atom stereocenters. The van der Waals surface area contributed by atoms with Crippen LogP contribution in [0.3, 0.4) is 0 Å². The van der Waals surface area contributed by atoms with Crippen molar-refractivity contribution >= 4 is 11.7 Å². The van der Waals surface area contributed by atoms with Gasteiger partial charge in [0.25, 0.3) is 0 Å². The quantitative estimate of drug-likeness (QED) is 0.453. The Morgan fingerprint density at radius 3 is 2.43 bits per heavy atom. The number of unbranched alkanes of at least 4 members (excludes halogenated alkanes) is 6. The molecule has 0 saturated carbocycles. The molecule has 0 aromatic heterocycles. The summed E-state index contributed by atoms with van der Waals surface area (Å²) in [5.74, 6) is -0.327. The first-order valence-corrected chi connectivity index (χ1v) is 8.24. The van der Waals surface area contributed by atoms with Crippen LogP contribution in [0.4, 0.5) is 0 Å². The molecule has 1 amide bonds. The first-order chi connectivity index (χ1) is 10.1. The van der Waals surface area contributed by atoms with E-state index in [4.69, 9.17) is 4.74 Å². The smallest absolute Gasteiger partial charge is 0.227 e. The summed E-state index contributed by atoms with van der Waals surface area (Å²) < 4.78 is 4.95. The number of hydrogen-bond donors (Lipinski definition) is 2. The first kappa shape index (κ1) is 18.1. The number of Topliss-reactive ketones (excluding diaryl/α,β-unsaturated/α-hetero) is 1. The van der Waals surface area contributed by atoms with E-state index in [1.165, 1.54) is 32.1 Å². The molecule has 5 nitrogen and oxygen atoms in total. The molecular weight excluding hydrogens is 270 g/mol. The Morgan fingerprint density at radius 2 is 1.81 bits per heavy atom. The molecule has 0 unspecified atom stereocenters. The van der Waals surface area contributed by atoms with Gasteiger partial charge in [0.2, 0.25) is 5.91 Å². The monoisotopic (exact) mass is 299 g/mol. The molecule has 1 rings (SSSR count). The lowest BCUT2D eigenvalue weighted by Gasteiger charge is -2.14. The molecule has 1 aliphatic heterocycles. The number of carbonyl (C=O) groups excluding carboxylic acids is 2. The summed E-state index contributed by atoms with van der Waals surface area (Å²) in [6.07, 6.45) is 8.20. The molecule has 2 N–H and O–H groups in total. The van der Waals surface area contributed by atoms with Crippen molar-refractivity contribution in [2.75, 3.05) is 6.61 Å². The number of rotatable bonds is 11. The minimum atomic E-state index is -0.938. The minimum absolute atomic E-state index is 0.0190. The van der Waals surface area contributed by atoms with Crippen LogP contribution >= 0.6 is 0 Å². The Labute approximate surface area is 127 Å². The summed E-state index contributed by atoms with van der Waals surface area (Å²) in [5, 5.41) is 12.1. The van der Waals surface area contributed by atoms with Crippen LogP contribution in [-0.2, 0) is 14.3 Å². The highest BCUT2D eigenvalue weighted by atomic mass is 16.6. The number of hydrogen-bond acceptors (Lipinski definition) is 4. The van der Waals surface area contributed by atoms with Crippen LogP contribution in [0.15, 0.2) is 0 Å². The summed E-state index contributed by atoms with van der Waals surface area (Å²) in [6.45, 7) is 2.64. The zero-order valence-corrected chi connectivity index (χ0v) is 13.1. The second-order valence-corrected chi connectivity index (χ2v) is 5.81. The van der Waals surface area contributed by atoms with Gasteiger partial charge in [0.05, 0.1) is 19.1 Å². The van der Waals surface area contributed by atoms with Crippen molar-refractivity contribution in [2.24, 2.45) is 0 Å². The molecule has 0 aromatic carbocycles. The Morgan fingerprint density at radius 1 is 1.14 bits per heavy atom. The largest absolute Gasteiger partial charge is 0.366 e. The van der Waals surface area contributed by atoms with Gasteiger partial charge in [-0.2, -0.15) is 0 Å². The summed E-state index contributed by atoms with van der Waals surface area (Å²) in [4.78, 5) is 23.4. The van der Waals surface area contributed by atoms with E-state index >= 15 is 0 Å². The number of aliphatic hydroxyl groups is 1. The average molecular weight is 299 g/mol.